The topological polar surface area (TPSA) is 67.8 Å². The Bertz CT molecular complexity index is 582. The van der Waals surface area contributed by atoms with E-state index in [2.05, 4.69) is 20.3 Å². The van der Waals surface area contributed by atoms with Crippen LogP contribution in [0, 0.1) is 13.8 Å². The number of aryl methyl sites for hydroxylation is 2. The largest absolute Gasteiger partial charge is 0.296 e. The smallest absolute Gasteiger partial charge is 0.276 e. The maximum absolute atomic E-state index is 12.0. The second kappa shape index (κ2) is 5.45. The molecule has 0 atom stereocenters. The Morgan fingerprint density at radius 1 is 1.28 bits per heavy atom. The summed E-state index contributed by atoms with van der Waals surface area (Å²) in [6, 6.07) is 1.66. The van der Waals surface area contributed by atoms with Gasteiger partial charge in [0.05, 0.1) is 5.69 Å². The Labute approximate surface area is 113 Å². The van der Waals surface area contributed by atoms with Crippen molar-refractivity contribution in [3.63, 3.8) is 0 Å². The van der Waals surface area contributed by atoms with Crippen molar-refractivity contribution in [2.45, 2.75) is 19.0 Å². The molecule has 0 spiro atoms. The van der Waals surface area contributed by atoms with Gasteiger partial charge in [0.2, 0.25) is 0 Å². The van der Waals surface area contributed by atoms with Gasteiger partial charge < -0.3 is 0 Å². The van der Waals surface area contributed by atoms with Crippen molar-refractivity contribution in [1.82, 2.24) is 15.0 Å². The van der Waals surface area contributed by atoms with Crippen molar-refractivity contribution >= 4 is 34.1 Å². The van der Waals surface area contributed by atoms with Crippen molar-refractivity contribution in [1.29, 1.82) is 0 Å². The second-order valence-corrected chi connectivity index (χ2v) is 5.26. The summed E-state index contributed by atoms with van der Waals surface area (Å²) >= 11 is 2.80. The molecule has 7 heteroatoms. The van der Waals surface area contributed by atoms with Gasteiger partial charge in [0.15, 0.2) is 10.3 Å². The van der Waals surface area contributed by atoms with Gasteiger partial charge in [-0.1, -0.05) is 11.8 Å². The van der Waals surface area contributed by atoms with Crippen LogP contribution < -0.4 is 5.32 Å². The average molecular weight is 280 g/mol. The van der Waals surface area contributed by atoms with Crippen molar-refractivity contribution in [3.05, 3.63) is 28.5 Å². The van der Waals surface area contributed by atoms with Gasteiger partial charge in [-0.15, -0.1) is 11.3 Å². The molecule has 18 heavy (non-hydrogen) atoms. The van der Waals surface area contributed by atoms with Crippen LogP contribution in [0.15, 0.2) is 16.6 Å². The summed E-state index contributed by atoms with van der Waals surface area (Å²) in [5.41, 5.74) is 2.02. The van der Waals surface area contributed by atoms with E-state index >= 15 is 0 Å². The Kier molecular flexibility index (Phi) is 3.93. The molecule has 0 aliphatic rings. The number of carbonyl (C=O) groups excluding carboxylic acids is 1. The zero-order valence-electron chi connectivity index (χ0n) is 10.2. The normalized spacial score (nSPS) is 10.4. The van der Waals surface area contributed by atoms with E-state index in [0.29, 0.717) is 16.0 Å². The first-order valence-corrected chi connectivity index (χ1v) is 7.32. The van der Waals surface area contributed by atoms with E-state index < -0.39 is 0 Å². The number of nitrogens with one attached hydrogen (secondary N) is 1. The molecule has 2 aromatic rings. The summed E-state index contributed by atoms with van der Waals surface area (Å²) in [6.45, 7) is 3.72. The number of thioether (sulfide) groups is 1. The number of rotatable bonds is 3. The molecular weight excluding hydrogens is 268 g/mol. The van der Waals surface area contributed by atoms with Gasteiger partial charge in [-0.2, -0.15) is 0 Å². The van der Waals surface area contributed by atoms with Gasteiger partial charge in [0, 0.05) is 11.1 Å². The lowest BCUT2D eigenvalue weighted by molar-refractivity contribution is 0.102. The summed E-state index contributed by atoms with van der Waals surface area (Å²) in [5, 5.41) is 5.79. The highest BCUT2D eigenvalue weighted by molar-refractivity contribution is 7.98. The van der Waals surface area contributed by atoms with Crippen LogP contribution in [0.25, 0.3) is 0 Å². The Morgan fingerprint density at radius 2 is 2.06 bits per heavy atom. The summed E-state index contributed by atoms with van der Waals surface area (Å²) in [4.78, 5) is 24.6. The standard InChI is InChI=1S/C11H12N4OS2/c1-6-4-8(14-10(12-6)17-3)9(16)15-11-13-7(2)5-18-11/h4-5H,1-3H3,(H,13,15,16). The number of nitrogens with zero attached hydrogens (tertiary/aromatic N) is 3. The fraction of sp³-hybridized carbons (Fsp3) is 0.273. The Hall–Kier alpha value is -1.47. The fourth-order valence-corrected chi connectivity index (χ4v) is 2.43. The van der Waals surface area contributed by atoms with Crippen molar-refractivity contribution in [2.24, 2.45) is 0 Å². The first-order valence-electron chi connectivity index (χ1n) is 5.21. The molecule has 0 aromatic carbocycles. The first kappa shape index (κ1) is 13.0. The lowest BCUT2D eigenvalue weighted by Crippen LogP contribution is -2.14. The third-order valence-corrected chi connectivity index (χ3v) is 3.51. The van der Waals surface area contributed by atoms with Gasteiger partial charge in [-0.3, -0.25) is 10.1 Å². The number of thiazole rings is 1. The SMILES string of the molecule is CSc1nc(C)cc(C(=O)Nc2nc(C)cs2)n1. The zero-order chi connectivity index (χ0) is 13.1. The molecular formula is C11H12N4OS2. The van der Waals surface area contributed by atoms with Crippen LogP contribution in [0.3, 0.4) is 0 Å². The minimum Gasteiger partial charge on any atom is -0.296 e. The Balaban J connectivity index is 2.20. The molecule has 0 aliphatic heterocycles. The molecule has 0 saturated carbocycles. The Morgan fingerprint density at radius 3 is 2.67 bits per heavy atom. The molecule has 0 saturated heterocycles. The van der Waals surface area contributed by atoms with Crippen molar-refractivity contribution in [2.75, 3.05) is 11.6 Å². The van der Waals surface area contributed by atoms with Crippen LogP contribution in [0.1, 0.15) is 21.9 Å². The van der Waals surface area contributed by atoms with Crippen LogP contribution in [0.2, 0.25) is 0 Å². The van der Waals surface area contributed by atoms with Crippen LogP contribution in [-0.4, -0.2) is 27.1 Å². The highest BCUT2D eigenvalue weighted by atomic mass is 32.2. The van der Waals surface area contributed by atoms with Crippen LogP contribution in [-0.2, 0) is 0 Å². The summed E-state index contributed by atoms with van der Waals surface area (Å²) in [7, 11) is 0. The van der Waals surface area contributed by atoms with Gasteiger partial charge in [-0.25, -0.2) is 15.0 Å². The molecule has 2 rings (SSSR count). The third kappa shape index (κ3) is 3.05. The molecule has 2 heterocycles. The molecule has 0 radical (unpaired) electrons. The fourth-order valence-electron chi connectivity index (χ4n) is 1.32. The van der Waals surface area contributed by atoms with E-state index in [1.54, 1.807) is 6.07 Å². The molecule has 1 N–H and O–H groups in total. The monoisotopic (exact) mass is 280 g/mol. The molecule has 0 fully saturated rings. The molecule has 94 valence electrons. The maximum atomic E-state index is 12.0. The number of amides is 1. The lowest BCUT2D eigenvalue weighted by Gasteiger charge is -2.03. The first-order chi connectivity index (χ1) is 8.58. The van der Waals surface area contributed by atoms with Crippen molar-refractivity contribution in [3.8, 4) is 0 Å². The average Bonchev–Trinajstić information content (AvgIpc) is 2.73. The summed E-state index contributed by atoms with van der Waals surface area (Å²) in [5.74, 6) is -0.259. The van der Waals surface area contributed by atoms with Gasteiger partial charge in [0.1, 0.15) is 5.69 Å². The van der Waals surface area contributed by atoms with E-state index in [1.165, 1.54) is 23.1 Å². The predicted molar refractivity (Wildman–Crippen MR) is 73.4 cm³/mol. The number of anilines is 1. The maximum Gasteiger partial charge on any atom is 0.276 e. The van der Waals surface area contributed by atoms with Gasteiger partial charge in [0.25, 0.3) is 5.91 Å². The third-order valence-electron chi connectivity index (χ3n) is 2.09. The zero-order valence-corrected chi connectivity index (χ0v) is 11.9. The second-order valence-electron chi connectivity index (χ2n) is 3.63. The van der Waals surface area contributed by atoms with E-state index in [-0.39, 0.29) is 5.91 Å². The number of hydrogen-bond donors (Lipinski definition) is 1. The van der Waals surface area contributed by atoms with E-state index in [0.717, 1.165) is 11.4 Å². The van der Waals surface area contributed by atoms with Crippen LogP contribution >= 0.6 is 23.1 Å². The highest BCUT2D eigenvalue weighted by Crippen LogP contribution is 2.16. The molecule has 0 aliphatic carbocycles. The molecule has 0 bridgehead atoms. The summed E-state index contributed by atoms with van der Waals surface area (Å²) in [6.07, 6.45) is 1.88. The van der Waals surface area contributed by atoms with Gasteiger partial charge >= 0.3 is 0 Å². The van der Waals surface area contributed by atoms with E-state index in [4.69, 9.17) is 0 Å². The quantitative estimate of drug-likeness (QED) is 0.691. The lowest BCUT2D eigenvalue weighted by atomic mass is 10.3. The molecule has 2 aromatic heterocycles. The van der Waals surface area contributed by atoms with Crippen molar-refractivity contribution < 1.29 is 4.79 Å². The molecule has 0 unspecified atom stereocenters. The minimum atomic E-state index is -0.259. The number of aromatic nitrogens is 3. The summed E-state index contributed by atoms with van der Waals surface area (Å²) < 4.78 is 0. The molecule has 1 amide bonds. The predicted octanol–water partition coefficient (Wildman–Crippen LogP) is 2.52. The minimum absolute atomic E-state index is 0.259. The number of carbonyl (C=O) groups is 1. The van der Waals surface area contributed by atoms with Crippen LogP contribution in [0.5, 0.6) is 0 Å². The molecule has 5 nitrogen and oxygen atoms in total. The van der Waals surface area contributed by atoms with Crippen LogP contribution in [0.4, 0.5) is 5.13 Å². The van der Waals surface area contributed by atoms with E-state index in [1.807, 2.05) is 25.5 Å². The van der Waals surface area contributed by atoms with E-state index in [9.17, 15) is 4.79 Å². The highest BCUT2D eigenvalue weighted by Gasteiger charge is 2.12. The number of hydrogen-bond acceptors (Lipinski definition) is 6. The van der Waals surface area contributed by atoms with Gasteiger partial charge in [-0.05, 0) is 26.2 Å².